The van der Waals surface area contributed by atoms with Crippen LogP contribution in [0, 0.1) is 5.92 Å². The summed E-state index contributed by atoms with van der Waals surface area (Å²) in [5.41, 5.74) is 0.690. The van der Waals surface area contributed by atoms with Crippen LogP contribution in [-0.2, 0) is 9.53 Å². The van der Waals surface area contributed by atoms with Gasteiger partial charge in [-0.1, -0.05) is 30.1 Å². The average molecular weight is 341 g/mol. The van der Waals surface area contributed by atoms with Crippen molar-refractivity contribution >= 4 is 50.8 Å². The van der Waals surface area contributed by atoms with Crippen LogP contribution >= 0.6 is 39.1 Å². The maximum Gasteiger partial charge on any atom is 0.310 e. The number of hydrogen-bond donors (Lipinski definition) is 1. The van der Waals surface area contributed by atoms with Crippen LogP contribution in [0.1, 0.15) is 6.92 Å². The summed E-state index contributed by atoms with van der Waals surface area (Å²) in [5, 5.41) is 3.93. The number of nitrogens with one attached hydrogen (secondary N) is 1. The number of esters is 1. The Bertz CT molecular complexity index is 426. The summed E-state index contributed by atoms with van der Waals surface area (Å²) >= 11 is 15.3. The Morgan fingerprint density at radius 2 is 2.12 bits per heavy atom. The van der Waals surface area contributed by atoms with Crippen LogP contribution in [0.3, 0.4) is 0 Å². The molecule has 1 aromatic carbocycles. The molecule has 1 unspecified atom stereocenters. The van der Waals surface area contributed by atoms with E-state index in [0.717, 1.165) is 4.47 Å². The number of benzene rings is 1. The van der Waals surface area contributed by atoms with E-state index < -0.39 is 0 Å². The molecule has 1 atom stereocenters. The van der Waals surface area contributed by atoms with Crippen molar-refractivity contribution in [1.82, 2.24) is 0 Å². The Kier molecular flexibility index (Phi) is 5.56. The van der Waals surface area contributed by atoms with Gasteiger partial charge in [0.2, 0.25) is 0 Å². The van der Waals surface area contributed by atoms with Crippen LogP contribution < -0.4 is 5.32 Å². The lowest BCUT2D eigenvalue weighted by Gasteiger charge is -2.13. The molecule has 94 valence electrons. The van der Waals surface area contributed by atoms with Gasteiger partial charge in [-0.3, -0.25) is 4.79 Å². The molecule has 0 heterocycles. The molecule has 0 aromatic heterocycles. The van der Waals surface area contributed by atoms with Crippen LogP contribution in [0.4, 0.5) is 5.69 Å². The van der Waals surface area contributed by atoms with Gasteiger partial charge < -0.3 is 10.1 Å². The van der Waals surface area contributed by atoms with E-state index in [2.05, 4.69) is 26.0 Å². The summed E-state index contributed by atoms with van der Waals surface area (Å²) in [6.45, 7) is 2.21. The van der Waals surface area contributed by atoms with Gasteiger partial charge in [0.25, 0.3) is 0 Å². The van der Waals surface area contributed by atoms with Crippen LogP contribution in [0.25, 0.3) is 0 Å². The fraction of sp³-hybridized carbons (Fsp3) is 0.364. The number of anilines is 1. The average Bonchev–Trinajstić information content (AvgIpc) is 2.33. The van der Waals surface area contributed by atoms with Gasteiger partial charge in [0, 0.05) is 11.0 Å². The first-order valence-corrected chi connectivity index (χ1v) is 6.47. The lowest BCUT2D eigenvalue weighted by molar-refractivity contribution is -0.144. The molecule has 3 nitrogen and oxygen atoms in total. The zero-order valence-electron chi connectivity index (χ0n) is 9.39. The predicted molar refractivity (Wildman–Crippen MR) is 73.8 cm³/mol. The largest absolute Gasteiger partial charge is 0.469 e. The second-order valence-electron chi connectivity index (χ2n) is 3.53. The van der Waals surface area contributed by atoms with Gasteiger partial charge in [-0.05, 0) is 28.1 Å². The van der Waals surface area contributed by atoms with Crippen molar-refractivity contribution in [3.05, 3.63) is 26.7 Å². The summed E-state index contributed by atoms with van der Waals surface area (Å²) in [4.78, 5) is 11.2. The van der Waals surface area contributed by atoms with E-state index in [9.17, 15) is 4.79 Å². The van der Waals surface area contributed by atoms with Crippen molar-refractivity contribution in [1.29, 1.82) is 0 Å². The van der Waals surface area contributed by atoms with Crippen LogP contribution in [-0.4, -0.2) is 19.6 Å². The Balaban J connectivity index is 2.70. The summed E-state index contributed by atoms with van der Waals surface area (Å²) in [5.74, 6) is -0.518. The first kappa shape index (κ1) is 14.6. The maximum absolute atomic E-state index is 11.2. The molecule has 0 radical (unpaired) electrons. The topological polar surface area (TPSA) is 38.3 Å². The second kappa shape index (κ2) is 6.47. The van der Waals surface area contributed by atoms with Crippen molar-refractivity contribution in [2.75, 3.05) is 19.0 Å². The number of rotatable bonds is 4. The Hall–Kier alpha value is -0.450. The zero-order valence-corrected chi connectivity index (χ0v) is 12.5. The van der Waals surface area contributed by atoms with E-state index in [4.69, 9.17) is 23.2 Å². The molecule has 0 fully saturated rings. The molecule has 0 aliphatic heterocycles. The summed E-state index contributed by atoms with van der Waals surface area (Å²) in [6.07, 6.45) is 0. The number of ether oxygens (including phenoxy) is 1. The third-order valence-corrected chi connectivity index (χ3v) is 4.01. The minimum atomic E-state index is -0.267. The molecule has 0 saturated carbocycles. The first-order valence-electron chi connectivity index (χ1n) is 4.92. The molecule has 1 aromatic rings. The van der Waals surface area contributed by atoms with E-state index in [1.807, 2.05) is 0 Å². The highest BCUT2D eigenvalue weighted by Crippen LogP contribution is 2.35. The van der Waals surface area contributed by atoms with Crippen LogP contribution in [0.5, 0.6) is 0 Å². The van der Waals surface area contributed by atoms with Gasteiger partial charge in [0.15, 0.2) is 0 Å². The van der Waals surface area contributed by atoms with E-state index >= 15 is 0 Å². The van der Waals surface area contributed by atoms with Crippen LogP contribution in [0.15, 0.2) is 16.6 Å². The molecule has 0 aliphatic carbocycles. The van der Waals surface area contributed by atoms with Gasteiger partial charge >= 0.3 is 5.97 Å². The van der Waals surface area contributed by atoms with Crippen molar-refractivity contribution < 1.29 is 9.53 Å². The SMILES string of the molecule is COC(=O)C(C)CNc1ccc(Br)c(Cl)c1Cl. The molecule has 17 heavy (non-hydrogen) atoms. The molecular formula is C11H12BrCl2NO2. The highest BCUT2D eigenvalue weighted by atomic mass is 79.9. The molecule has 0 bridgehead atoms. The van der Waals surface area contributed by atoms with Crippen LogP contribution in [0.2, 0.25) is 10.0 Å². The Morgan fingerprint density at radius 1 is 1.47 bits per heavy atom. The number of carbonyl (C=O) groups excluding carboxylic acids is 1. The molecule has 6 heteroatoms. The fourth-order valence-electron chi connectivity index (χ4n) is 1.21. The molecule has 1 rings (SSSR count). The van der Waals surface area contributed by atoms with Crippen molar-refractivity contribution in [2.24, 2.45) is 5.92 Å². The van der Waals surface area contributed by atoms with Gasteiger partial charge in [-0.25, -0.2) is 0 Å². The molecule has 0 saturated heterocycles. The van der Waals surface area contributed by atoms with E-state index in [1.165, 1.54) is 7.11 Å². The molecule has 1 N–H and O–H groups in total. The van der Waals surface area contributed by atoms with Crippen molar-refractivity contribution in [2.45, 2.75) is 6.92 Å². The zero-order chi connectivity index (χ0) is 13.0. The Labute approximate surface area is 119 Å². The lowest BCUT2D eigenvalue weighted by Crippen LogP contribution is -2.21. The summed E-state index contributed by atoms with van der Waals surface area (Å²) < 4.78 is 5.36. The molecular weight excluding hydrogens is 329 g/mol. The minimum absolute atomic E-state index is 0.251. The third kappa shape index (κ3) is 3.76. The van der Waals surface area contributed by atoms with E-state index in [0.29, 0.717) is 22.3 Å². The normalized spacial score (nSPS) is 12.1. The molecule has 0 spiro atoms. The lowest BCUT2D eigenvalue weighted by atomic mass is 10.2. The second-order valence-corrected chi connectivity index (χ2v) is 5.14. The highest BCUT2D eigenvalue weighted by molar-refractivity contribution is 9.10. The Morgan fingerprint density at radius 3 is 2.71 bits per heavy atom. The number of hydrogen-bond acceptors (Lipinski definition) is 3. The van der Waals surface area contributed by atoms with Gasteiger partial charge in [0.05, 0.1) is 28.8 Å². The fourth-order valence-corrected chi connectivity index (χ4v) is 2.05. The van der Waals surface area contributed by atoms with Gasteiger partial charge in [-0.15, -0.1) is 0 Å². The third-order valence-electron chi connectivity index (χ3n) is 2.24. The highest BCUT2D eigenvalue weighted by Gasteiger charge is 2.14. The number of halogens is 3. The van der Waals surface area contributed by atoms with E-state index in [-0.39, 0.29) is 11.9 Å². The first-order chi connectivity index (χ1) is 7.97. The maximum atomic E-state index is 11.2. The quantitative estimate of drug-likeness (QED) is 0.665. The van der Waals surface area contributed by atoms with Crippen molar-refractivity contribution in [3.8, 4) is 0 Å². The van der Waals surface area contributed by atoms with Crippen molar-refractivity contribution in [3.63, 3.8) is 0 Å². The summed E-state index contributed by atoms with van der Waals surface area (Å²) in [6, 6.07) is 3.58. The smallest absolute Gasteiger partial charge is 0.310 e. The van der Waals surface area contributed by atoms with Gasteiger partial charge in [0.1, 0.15) is 0 Å². The summed E-state index contributed by atoms with van der Waals surface area (Å²) in [7, 11) is 1.36. The molecule has 0 aliphatic rings. The van der Waals surface area contributed by atoms with E-state index in [1.54, 1.807) is 19.1 Å². The monoisotopic (exact) mass is 339 g/mol. The minimum Gasteiger partial charge on any atom is -0.469 e. The predicted octanol–water partition coefficient (Wildman–Crippen LogP) is 3.98. The van der Waals surface area contributed by atoms with Gasteiger partial charge in [-0.2, -0.15) is 0 Å². The standard InChI is InChI=1S/C11H12BrCl2NO2/c1-6(11(16)17-2)5-15-8-4-3-7(12)9(13)10(8)14/h3-4,6,15H,5H2,1-2H3. The number of carbonyl (C=O) groups is 1. The molecule has 0 amide bonds. The number of methoxy groups -OCH3 is 1.